The number of ether oxygens (including phenoxy) is 2. The van der Waals surface area contributed by atoms with Gasteiger partial charge in [-0.3, -0.25) is 4.79 Å². The van der Waals surface area contributed by atoms with Crippen LogP contribution < -0.4 is 10.1 Å². The van der Waals surface area contributed by atoms with E-state index in [1.165, 1.54) is 36.8 Å². The molecule has 1 aromatic rings. The topological polar surface area (TPSA) is 64.6 Å². The van der Waals surface area contributed by atoms with Gasteiger partial charge < -0.3 is 14.8 Å². The summed E-state index contributed by atoms with van der Waals surface area (Å²) in [5, 5.41) is 2.99. The highest BCUT2D eigenvalue weighted by atomic mass is 16.6. The van der Waals surface area contributed by atoms with Crippen molar-refractivity contribution < 1.29 is 19.1 Å². The molecule has 5 heteroatoms. The summed E-state index contributed by atoms with van der Waals surface area (Å²) >= 11 is 0. The van der Waals surface area contributed by atoms with Crippen molar-refractivity contribution in [3.63, 3.8) is 0 Å². The SMILES string of the molecule is O=C(COC(=O)COc1ccc2c(c1)CCC2)NC1CCCCCCC1. The van der Waals surface area contributed by atoms with Crippen molar-refractivity contribution in [2.24, 2.45) is 0 Å². The Labute approximate surface area is 155 Å². The fourth-order valence-electron chi connectivity index (χ4n) is 3.84. The molecule has 0 aromatic heterocycles. The van der Waals surface area contributed by atoms with Crippen LogP contribution in [0.4, 0.5) is 0 Å². The van der Waals surface area contributed by atoms with Gasteiger partial charge in [-0.2, -0.15) is 0 Å². The molecular weight excluding hydrogens is 330 g/mol. The van der Waals surface area contributed by atoms with E-state index in [-0.39, 0.29) is 25.2 Å². The number of fused-ring (bicyclic) bond motifs is 1. The highest BCUT2D eigenvalue weighted by molar-refractivity contribution is 5.81. The fraction of sp³-hybridized carbons (Fsp3) is 0.619. The van der Waals surface area contributed by atoms with E-state index in [1.54, 1.807) is 0 Å². The Kier molecular flexibility index (Phi) is 6.92. The molecule has 0 spiro atoms. The van der Waals surface area contributed by atoms with Gasteiger partial charge in [-0.05, 0) is 55.4 Å². The van der Waals surface area contributed by atoms with Crippen LogP contribution >= 0.6 is 0 Å². The Hall–Kier alpha value is -2.04. The summed E-state index contributed by atoms with van der Waals surface area (Å²) < 4.78 is 10.5. The van der Waals surface area contributed by atoms with Gasteiger partial charge in [0.25, 0.3) is 5.91 Å². The zero-order valence-corrected chi connectivity index (χ0v) is 15.4. The Morgan fingerprint density at radius 2 is 1.65 bits per heavy atom. The molecule has 1 saturated carbocycles. The molecular formula is C21H29NO4. The Balaban J connectivity index is 1.34. The molecule has 0 unspecified atom stereocenters. The molecule has 0 saturated heterocycles. The summed E-state index contributed by atoms with van der Waals surface area (Å²) in [5.74, 6) is -0.0543. The van der Waals surface area contributed by atoms with Crippen molar-refractivity contribution in [2.45, 2.75) is 70.3 Å². The van der Waals surface area contributed by atoms with Crippen LogP contribution in [0.3, 0.4) is 0 Å². The maximum Gasteiger partial charge on any atom is 0.344 e. The molecule has 0 heterocycles. The number of carbonyl (C=O) groups is 2. The minimum absolute atomic E-state index is 0.171. The molecule has 2 aliphatic rings. The summed E-state index contributed by atoms with van der Waals surface area (Å²) in [4.78, 5) is 23.8. The molecule has 1 aromatic carbocycles. The number of benzene rings is 1. The normalized spacial score (nSPS) is 17.7. The maximum absolute atomic E-state index is 12.0. The number of esters is 1. The van der Waals surface area contributed by atoms with Crippen LogP contribution in [0.1, 0.15) is 62.5 Å². The summed E-state index contributed by atoms with van der Waals surface area (Å²) in [5.41, 5.74) is 2.67. The van der Waals surface area contributed by atoms with Crippen molar-refractivity contribution in [1.29, 1.82) is 0 Å². The first-order chi connectivity index (χ1) is 12.7. The number of hydrogen-bond acceptors (Lipinski definition) is 4. The van der Waals surface area contributed by atoms with E-state index in [4.69, 9.17) is 9.47 Å². The number of nitrogens with one attached hydrogen (secondary N) is 1. The van der Waals surface area contributed by atoms with Gasteiger partial charge in [0.1, 0.15) is 5.75 Å². The first-order valence-corrected chi connectivity index (χ1v) is 9.90. The molecule has 3 rings (SSSR count). The highest BCUT2D eigenvalue weighted by Gasteiger charge is 2.16. The van der Waals surface area contributed by atoms with E-state index < -0.39 is 5.97 Å². The lowest BCUT2D eigenvalue weighted by molar-refractivity contribution is -0.150. The summed E-state index contributed by atoms with van der Waals surface area (Å²) in [6, 6.07) is 6.16. The smallest absolute Gasteiger partial charge is 0.344 e. The average Bonchev–Trinajstić information content (AvgIpc) is 3.08. The summed E-state index contributed by atoms with van der Waals surface area (Å²) in [7, 11) is 0. The monoisotopic (exact) mass is 359 g/mol. The second-order valence-corrected chi connectivity index (χ2v) is 7.34. The second-order valence-electron chi connectivity index (χ2n) is 7.34. The van der Waals surface area contributed by atoms with Crippen molar-refractivity contribution in [1.82, 2.24) is 5.32 Å². The molecule has 1 N–H and O–H groups in total. The van der Waals surface area contributed by atoms with Gasteiger partial charge in [-0.15, -0.1) is 0 Å². The Bertz CT molecular complexity index is 620. The summed E-state index contributed by atoms with van der Waals surface area (Å²) in [6.07, 6.45) is 11.5. The molecule has 2 aliphatic carbocycles. The van der Waals surface area contributed by atoms with Gasteiger partial charge >= 0.3 is 5.97 Å². The lowest BCUT2D eigenvalue weighted by atomic mass is 9.97. The lowest BCUT2D eigenvalue weighted by Crippen LogP contribution is -2.38. The first-order valence-electron chi connectivity index (χ1n) is 9.90. The van der Waals surface area contributed by atoms with Crippen molar-refractivity contribution in [3.8, 4) is 5.75 Å². The Morgan fingerprint density at radius 1 is 0.923 bits per heavy atom. The predicted molar refractivity (Wildman–Crippen MR) is 99.2 cm³/mol. The van der Waals surface area contributed by atoms with E-state index in [2.05, 4.69) is 11.4 Å². The van der Waals surface area contributed by atoms with Gasteiger partial charge in [-0.1, -0.05) is 38.2 Å². The number of amides is 1. The van der Waals surface area contributed by atoms with Crippen LogP contribution in [0.5, 0.6) is 5.75 Å². The van der Waals surface area contributed by atoms with Crippen LogP contribution in [0, 0.1) is 0 Å². The van der Waals surface area contributed by atoms with Gasteiger partial charge in [0.2, 0.25) is 0 Å². The first kappa shape index (κ1) is 18.7. The third-order valence-corrected chi connectivity index (χ3v) is 5.26. The van der Waals surface area contributed by atoms with Crippen LogP contribution in [0.15, 0.2) is 18.2 Å². The van der Waals surface area contributed by atoms with E-state index in [0.717, 1.165) is 38.5 Å². The molecule has 5 nitrogen and oxygen atoms in total. The molecule has 0 radical (unpaired) electrons. The third-order valence-electron chi connectivity index (χ3n) is 5.26. The zero-order chi connectivity index (χ0) is 18.2. The standard InChI is InChI=1S/C21H29NO4/c23-20(22-18-9-4-2-1-3-5-10-18)14-26-21(24)15-25-19-12-11-16-7-6-8-17(16)13-19/h11-13,18H,1-10,14-15H2,(H,22,23). The number of hydrogen-bond donors (Lipinski definition) is 1. The highest BCUT2D eigenvalue weighted by Crippen LogP contribution is 2.26. The minimum Gasteiger partial charge on any atom is -0.482 e. The molecule has 26 heavy (non-hydrogen) atoms. The third kappa shape index (κ3) is 5.75. The van der Waals surface area contributed by atoms with E-state index >= 15 is 0 Å². The lowest BCUT2D eigenvalue weighted by Gasteiger charge is -2.20. The van der Waals surface area contributed by atoms with Gasteiger partial charge in [0.15, 0.2) is 13.2 Å². The fourth-order valence-corrected chi connectivity index (χ4v) is 3.84. The predicted octanol–water partition coefficient (Wildman–Crippen LogP) is 3.33. The number of rotatable bonds is 6. The van der Waals surface area contributed by atoms with Crippen LogP contribution in [-0.2, 0) is 27.2 Å². The van der Waals surface area contributed by atoms with Crippen molar-refractivity contribution >= 4 is 11.9 Å². The van der Waals surface area contributed by atoms with Crippen LogP contribution in [-0.4, -0.2) is 31.1 Å². The van der Waals surface area contributed by atoms with Gasteiger partial charge in [0.05, 0.1) is 0 Å². The summed E-state index contributed by atoms with van der Waals surface area (Å²) in [6.45, 7) is -0.404. The average molecular weight is 359 g/mol. The van der Waals surface area contributed by atoms with Crippen LogP contribution in [0.25, 0.3) is 0 Å². The molecule has 142 valence electrons. The quantitative estimate of drug-likeness (QED) is 0.792. The molecule has 1 fully saturated rings. The van der Waals surface area contributed by atoms with Crippen molar-refractivity contribution in [2.75, 3.05) is 13.2 Å². The maximum atomic E-state index is 12.0. The number of aryl methyl sites for hydroxylation is 2. The molecule has 1 amide bonds. The largest absolute Gasteiger partial charge is 0.482 e. The van der Waals surface area contributed by atoms with Crippen molar-refractivity contribution in [3.05, 3.63) is 29.3 Å². The second kappa shape index (κ2) is 9.60. The molecule has 0 bridgehead atoms. The van der Waals surface area contributed by atoms with E-state index in [9.17, 15) is 9.59 Å². The zero-order valence-electron chi connectivity index (χ0n) is 15.4. The minimum atomic E-state index is -0.515. The Morgan fingerprint density at radius 3 is 2.46 bits per heavy atom. The van der Waals surface area contributed by atoms with Gasteiger partial charge in [-0.25, -0.2) is 4.79 Å². The van der Waals surface area contributed by atoms with E-state index in [1.807, 2.05) is 12.1 Å². The van der Waals surface area contributed by atoms with E-state index in [0.29, 0.717) is 5.75 Å². The van der Waals surface area contributed by atoms with Gasteiger partial charge in [0, 0.05) is 6.04 Å². The molecule has 0 atom stereocenters. The van der Waals surface area contributed by atoms with Crippen LogP contribution in [0.2, 0.25) is 0 Å². The number of carbonyl (C=O) groups excluding carboxylic acids is 2. The molecule has 0 aliphatic heterocycles.